The topological polar surface area (TPSA) is 90.0 Å². The molecule has 7 heteroatoms. The second-order valence-corrected chi connectivity index (χ2v) is 7.97. The zero-order valence-electron chi connectivity index (χ0n) is 16.7. The van der Waals surface area contributed by atoms with Crippen LogP contribution >= 0.6 is 0 Å². The Morgan fingerprint density at radius 1 is 0.871 bits per heavy atom. The number of nitrogens with zero attached hydrogens (tertiary/aromatic N) is 1. The van der Waals surface area contributed by atoms with Gasteiger partial charge in [-0.1, -0.05) is 18.2 Å². The van der Waals surface area contributed by atoms with E-state index >= 15 is 0 Å². The molecule has 0 N–H and O–H groups in total. The number of amides is 2. The first-order chi connectivity index (χ1) is 15.0. The first-order valence-corrected chi connectivity index (χ1v) is 10.0. The summed E-state index contributed by atoms with van der Waals surface area (Å²) < 4.78 is 10.0. The predicted octanol–water partition coefficient (Wildman–Crippen LogP) is 3.00. The summed E-state index contributed by atoms with van der Waals surface area (Å²) in [6.07, 6.45) is 4.95. The summed E-state index contributed by atoms with van der Waals surface area (Å²) >= 11 is 0. The molecule has 0 radical (unpaired) electrons. The molecule has 7 nitrogen and oxygen atoms in total. The maximum Gasteiger partial charge on any atom is 0.343 e. The van der Waals surface area contributed by atoms with Gasteiger partial charge in [-0.05, 0) is 60.7 Å². The van der Waals surface area contributed by atoms with E-state index in [9.17, 15) is 19.2 Å². The van der Waals surface area contributed by atoms with Crippen LogP contribution in [0.4, 0.5) is 5.69 Å². The minimum Gasteiger partial charge on any atom is -0.465 e. The summed E-state index contributed by atoms with van der Waals surface area (Å²) in [7, 11) is 1.29. The van der Waals surface area contributed by atoms with Crippen molar-refractivity contribution in [3.63, 3.8) is 0 Å². The molecule has 2 bridgehead atoms. The van der Waals surface area contributed by atoms with E-state index in [4.69, 9.17) is 4.74 Å². The quantitative estimate of drug-likeness (QED) is 0.329. The molecule has 3 aliphatic rings. The lowest BCUT2D eigenvalue weighted by Crippen LogP contribution is -2.33. The number of esters is 2. The fraction of sp³-hybridized carbons (Fsp3) is 0.250. The number of allylic oxidation sites excluding steroid dienone is 2. The largest absolute Gasteiger partial charge is 0.465 e. The summed E-state index contributed by atoms with van der Waals surface area (Å²) in [5.41, 5.74) is 0.928. The van der Waals surface area contributed by atoms with Gasteiger partial charge in [0.15, 0.2) is 0 Å². The van der Waals surface area contributed by atoms with E-state index in [-0.39, 0.29) is 46.8 Å². The standard InChI is InChI=1S/C24H19NO6/c1-30-23(28)13-7-9-18(10-8-13)31-24(29)16-3-2-4-17(12-16)25-21(26)19-14-5-6-15(11-14)20(19)22(25)27/h2-10,12,14-15,19-20H,11H2,1H3/t14-,15+,19-,20-/m0/s1. The molecule has 0 spiro atoms. The number of ether oxygens (including phenoxy) is 2. The lowest BCUT2D eigenvalue weighted by Gasteiger charge is -2.18. The van der Waals surface area contributed by atoms with E-state index in [1.807, 2.05) is 12.2 Å². The minimum absolute atomic E-state index is 0.123. The van der Waals surface area contributed by atoms with Crippen LogP contribution < -0.4 is 9.64 Å². The molecule has 2 fully saturated rings. The number of carbonyl (C=O) groups excluding carboxylic acids is 4. The number of imide groups is 1. The molecule has 1 heterocycles. The Morgan fingerprint density at radius 3 is 2.13 bits per heavy atom. The molecule has 5 rings (SSSR count). The van der Waals surface area contributed by atoms with Crippen molar-refractivity contribution in [3.8, 4) is 5.75 Å². The molecule has 0 unspecified atom stereocenters. The van der Waals surface area contributed by atoms with Crippen LogP contribution in [0.3, 0.4) is 0 Å². The number of fused-ring (bicyclic) bond motifs is 5. The Morgan fingerprint density at radius 2 is 1.52 bits per heavy atom. The average Bonchev–Trinajstić information content (AvgIpc) is 3.47. The molecule has 156 valence electrons. The van der Waals surface area contributed by atoms with Gasteiger partial charge >= 0.3 is 11.9 Å². The van der Waals surface area contributed by atoms with Gasteiger partial charge in [0.1, 0.15) is 5.75 Å². The highest BCUT2D eigenvalue weighted by Gasteiger charge is 2.59. The van der Waals surface area contributed by atoms with Crippen LogP contribution in [0.1, 0.15) is 27.1 Å². The fourth-order valence-corrected chi connectivity index (χ4v) is 4.87. The normalized spacial score (nSPS) is 25.6. The highest BCUT2D eigenvalue weighted by atomic mass is 16.5. The van der Waals surface area contributed by atoms with Crippen molar-refractivity contribution in [2.75, 3.05) is 12.0 Å². The number of anilines is 1. The van der Waals surface area contributed by atoms with Crippen LogP contribution in [0.5, 0.6) is 5.75 Å². The molecule has 31 heavy (non-hydrogen) atoms. The van der Waals surface area contributed by atoms with Gasteiger partial charge in [-0.25, -0.2) is 14.5 Å². The van der Waals surface area contributed by atoms with Crippen molar-refractivity contribution in [2.24, 2.45) is 23.7 Å². The molecule has 2 aliphatic carbocycles. The van der Waals surface area contributed by atoms with Crippen molar-refractivity contribution in [2.45, 2.75) is 6.42 Å². The van der Waals surface area contributed by atoms with Crippen LogP contribution in [0.15, 0.2) is 60.7 Å². The molecule has 0 aromatic heterocycles. The minimum atomic E-state index is -0.631. The Kier molecular flexibility index (Phi) is 4.46. The van der Waals surface area contributed by atoms with Gasteiger partial charge in [0.05, 0.1) is 35.8 Å². The highest BCUT2D eigenvalue weighted by molar-refractivity contribution is 6.23. The summed E-state index contributed by atoms with van der Waals surface area (Å²) in [4.78, 5) is 51.3. The third-order valence-electron chi connectivity index (χ3n) is 6.30. The van der Waals surface area contributed by atoms with Gasteiger partial charge in [-0.3, -0.25) is 9.59 Å². The van der Waals surface area contributed by atoms with Gasteiger partial charge < -0.3 is 9.47 Å². The third kappa shape index (κ3) is 3.04. The first kappa shape index (κ1) is 19.2. The lowest BCUT2D eigenvalue weighted by molar-refractivity contribution is -0.123. The fourth-order valence-electron chi connectivity index (χ4n) is 4.87. The summed E-state index contributed by atoms with van der Waals surface area (Å²) in [6, 6.07) is 12.3. The van der Waals surface area contributed by atoms with E-state index < -0.39 is 11.9 Å². The molecule has 1 saturated carbocycles. The van der Waals surface area contributed by atoms with Gasteiger partial charge in [-0.2, -0.15) is 0 Å². The molecular weight excluding hydrogens is 398 g/mol. The highest BCUT2D eigenvalue weighted by Crippen LogP contribution is 2.53. The monoisotopic (exact) mass is 417 g/mol. The SMILES string of the molecule is COC(=O)c1ccc(OC(=O)c2cccc(N3C(=O)[C@@H]4[C@@H](C3=O)[C@H]3C=C[C@@H]4C3)c2)cc1. The Bertz CT molecular complexity index is 1110. The van der Waals surface area contributed by atoms with E-state index in [0.717, 1.165) is 6.42 Å². The van der Waals surface area contributed by atoms with Gasteiger partial charge in [0.25, 0.3) is 0 Å². The maximum atomic E-state index is 13.0. The summed E-state index contributed by atoms with van der Waals surface area (Å²) in [5.74, 6) is -1.61. The second kappa shape index (κ2) is 7.19. The molecule has 1 aliphatic heterocycles. The van der Waals surface area contributed by atoms with Gasteiger partial charge in [0, 0.05) is 0 Å². The van der Waals surface area contributed by atoms with Crippen LogP contribution in [-0.4, -0.2) is 30.9 Å². The van der Waals surface area contributed by atoms with E-state index in [2.05, 4.69) is 4.74 Å². The van der Waals surface area contributed by atoms with E-state index in [0.29, 0.717) is 11.3 Å². The molecular formula is C24H19NO6. The second-order valence-electron chi connectivity index (χ2n) is 7.97. The zero-order chi connectivity index (χ0) is 21.7. The number of carbonyl (C=O) groups is 4. The van der Waals surface area contributed by atoms with Crippen molar-refractivity contribution in [3.05, 3.63) is 71.8 Å². The Hall–Kier alpha value is -3.74. The lowest BCUT2D eigenvalue weighted by atomic mass is 9.85. The Balaban J connectivity index is 1.35. The number of hydrogen-bond donors (Lipinski definition) is 0. The van der Waals surface area contributed by atoms with E-state index in [1.165, 1.54) is 42.3 Å². The van der Waals surface area contributed by atoms with Crippen LogP contribution in [0.2, 0.25) is 0 Å². The number of hydrogen-bond acceptors (Lipinski definition) is 6. The van der Waals surface area contributed by atoms with Crippen LogP contribution in [0.25, 0.3) is 0 Å². The van der Waals surface area contributed by atoms with Gasteiger partial charge in [0.2, 0.25) is 11.8 Å². The first-order valence-electron chi connectivity index (χ1n) is 10.0. The third-order valence-corrected chi connectivity index (χ3v) is 6.30. The van der Waals surface area contributed by atoms with Crippen LogP contribution in [0, 0.1) is 23.7 Å². The van der Waals surface area contributed by atoms with Crippen molar-refractivity contribution >= 4 is 29.4 Å². The van der Waals surface area contributed by atoms with Crippen molar-refractivity contribution in [1.82, 2.24) is 0 Å². The number of benzene rings is 2. The molecule has 2 amide bonds. The Labute approximate surface area is 178 Å². The predicted molar refractivity (Wildman–Crippen MR) is 109 cm³/mol. The zero-order valence-corrected chi connectivity index (χ0v) is 16.7. The van der Waals surface area contributed by atoms with Crippen molar-refractivity contribution < 1.29 is 28.7 Å². The average molecular weight is 417 g/mol. The van der Waals surface area contributed by atoms with Crippen molar-refractivity contribution in [1.29, 1.82) is 0 Å². The number of methoxy groups -OCH3 is 1. The van der Waals surface area contributed by atoms with Crippen LogP contribution in [-0.2, 0) is 14.3 Å². The summed E-state index contributed by atoms with van der Waals surface area (Å²) in [5, 5.41) is 0. The van der Waals surface area contributed by atoms with Gasteiger partial charge in [-0.15, -0.1) is 0 Å². The number of rotatable bonds is 4. The smallest absolute Gasteiger partial charge is 0.343 e. The van der Waals surface area contributed by atoms with E-state index in [1.54, 1.807) is 18.2 Å². The molecule has 1 saturated heterocycles. The maximum absolute atomic E-state index is 13.0. The summed E-state index contributed by atoms with van der Waals surface area (Å²) in [6.45, 7) is 0. The molecule has 2 aromatic carbocycles. The molecule has 4 atom stereocenters. The molecule has 2 aromatic rings.